The maximum Gasteiger partial charge on any atom is 0.0951 e. The number of hydrogen-bond donors (Lipinski definition) is 1. The summed E-state index contributed by atoms with van der Waals surface area (Å²) in [7, 11) is 0. The lowest BCUT2D eigenvalue weighted by molar-refractivity contribution is 0.589. The van der Waals surface area contributed by atoms with E-state index < -0.39 is 0 Å². The molecule has 1 aromatic rings. The molecule has 1 aliphatic rings. The van der Waals surface area contributed by atoms with Crippen LogP contribution in [0.15, 0.2) is 6.33 Å². The smallest absolute Gasteiger partial charge is 0.0951 e. The van der Waals surface area contributed by atoms with Crippen molar-refractivity contribution in [3.8, 4) is 0 Å². The largest absolute Gasteiger partial charge is 0.333 e. The van der Waals surface area contributed by atoms with Crippen LogP contribution in [-0.4, -0.2) is 16.1 Å². The van der Waals surface area contributed by atoms with Crippen LogP contribution in [-0.2, 0) is 19.5 Å². The Hall–Kier alpha value is -0.830. The Bertz CT molecular complexity index is 238. The fourth-order valence-electron chi connectivity index (χ4n) is 1.55. The maximum absolute atomic E-state index is 4.35. The van der Waals surface area contributed by atoms with E-state index in [1.165, 1.54) is 11.4 Å². The molecule has 0 spiro atoms. The van der Waals surface area contributed by atoms with Gasteiger partial charge in [0, 0.05) is 26.1 Å². The summed E-state index contributed by atoms with van der Waals surface area (Å²) in [5.41, 5.74) is 2.66. The molecule has 1 N–H and O–H groups in total. The summed E-state index contributed by atoms with van der Waals surface area (Å²) in [5.74, 6) is 0. The average Bonchev–Trinajstić information content (AvgIpc) is 2.47. The van der Waals surface area contributed by atoms with Gasteiger partial charge in [0.15, 0.2) is 0 Å². The fraction of sp³-hybridized carbons (Fsp3) is 0.625. The van der Waals surface area contributed by atoms with Gasteiger partial charge in [-0.15, -0.1) is 0 Å². The predicted octanol–water partition coefficient (Wildman–Crippen LogP) is 0.549. The second-order valence-corrected chi connectivity index (χ2v) is 2.85. The quantitative estimate of drug-likeness (QED) is 0.635. The van der Waals surface area contributed by atoms with E-state index in [0.717, 1.165) is 26.1 Å². The third-order valence-corrected chi connectivity index (χ3v) is 2.20. The summed E-state index contributed by atoms with van der Waals surface area (Å²) in [6, 6.07) is 0. The Labute approximate surface area is 66.4 Å². The molecule has 0 saturated heterocycles. The van der Waals surface area contributed by atoms with Gasteiger partial charge in [0.1, 0.15) is 0 Å². The second kappa shape index (κ2) is 2.66. The molecular weight excluding hydrogens is 138 g/mol. The third kappa shape index (κ3) is 1.05. The van der Waals surface area contributed by atoms with Crippen molar-refractivity contribution in [2.45, 2.75) is 26.4 Å². The van der Waals surface area contributed by atoms with E-state index in [0.29, 0.717) is 0 Å². The van der Waals surface area contributed by atoms with E-state index in [1.807, 2.05) is 6.33 Å². The van der Waals surface area contributed by atoms with Gasteiger partial charge in [-0.2, -0.15) is 0 Å². The zero-order valence-corrected chi connectivity index (χ0v) is 6.80. The van der Waals surface area contributed by atoms with Gasteiger partial charge in [0.05, 0.1) is 17.7 Å². The molecule has 0 atom stereocenters. The van der Waals surface area contributed by atoms with Crippen molar-refractivity contribution >= 4 is 0 Å². The molecule has 0 aliphatic carbocycles. The van der Waals surface area contributed by atoms with Crippen LogP contribution in [0.5, 0.6) is 0 Å². The number of fused-ring (bicyclic) bond motifs is 1. The molecule has 11 heavy (non-hydrogen) atoms. The zero-order chi connectivity index (χ0) is 7.68. The van der Waals surface area contributed by atoms with Gasteiger partial charge in [-0.25, -0.2) is 4.98 Å². The number of imidazole rings is 1. The van der Waals surface area contributed by atoms with Gasteiger partial charge in [0.25, 0.3) is 0 Å². The maximum atomic E-state index is 4.35. The average molecular weight is 151 g/mol. The van der Waals surface area contributed by atoms with Crippen LogP contribution in [0.3, 0.4) is 0 Å². The van der Waals surface area contributed by atoms with Crippen LogP contribution in [0.25, 0.3) is 0 Å². The van der Waals surface area contributed by atoms with Crippen LogP contribution >= 0.6 is 0 Å². The molecule has 2 rings (SSSR count). The molecular formula is C8H13N3. The van der Waals surface area contributed by atoms with Gasteiger partial charge < -0.3 is 9.88 Å². The topological polar surface area (TPSA) is 29.9 Å². The predicted molar refractivity (Wildman–Crippen MR) is 43.3 cm³/mol. The molecule has 2 heterocycles. The van der Waals surface area contributed by atoms with Crippen molar-refractivity contribution in [3.05, 3.63) is 17.7 Å². The molecule has 3 heteroatoms. The van der Waals surface area contributed by atoms with E-state index >= 15 is 0 Å². The monoisotopic (exact) mass is 151 g/mol. The Morgan fingerprint density at radius 2 is 2.64 bits per heavy atom. The first-order valence-electron chi connectivity index (χ1n) is 4.15. The summed E-state index contributed by atoms with van der Waals surface area (Å²) in [4.78, 5) is 4.35. The highest BCUT2D eigenvalue weighted by Gasteiger charge is 2.12. The molecule has 0 unspecified atom stereocenters. The molecule has 0 amide bonds. The number of rotatable bonds is 1. The highest BCUT2D eigenvalue weighted by Crippen LogP contribution is 2.11. The van der Waals surface area contributed by atoms with Crippen LogP contribution in [0.1, 0.15) is 18.3 Å². The van der Waals surface area contributed by atoms with Crippen LogP contribution in [0.2, 0.25) is 0 Å². The number of aryl methyl sites for hydroxylation is 1. The number of hydrogen-bond acceptors (Lipinski definition) is 2. The Balaban J connectivity index is 2.38. The summed E-state index contributed by atoms with van der Waals surface area (Å²) in [6.07, 6.45) is 3.03. The van der Waals surface area contributed by atoms with Gasteiger partial charge in [-0.05, 0) is 6.92 Å². The van der Waals surface area contributed by atoms with Crippen molar-refractivity contribution in [1.29, 1.82) is 0 Å². The lowest BCUT2D eigenvalue weighted by atomic mass is 10.2. The molecule has 1 aliphatic heterocycles. The first-order valence-corrected chi connectivity index (χ1v) is 4.15. The highest BCUT2D eigenvalue weighted by molar-refractivity contribution is 5.15. The highest BCUT2D eigenvalue weighted by atomic mass is 15.1. The van der Waals surface area contributed by atoms with Crippen molar-refractivity contribution < 1.29 is 0 Å². The molecule has 0 saturated carbocycles. The summed E-state index contributed by atoms with van der Waals surface area (Å²) >= 11 is 0. The normalized spacial score (nSPS) is 16.5. The number of nitrogens with one attached hydrogen (secondary N) is 1. The van der Waals surface area contributed by atoms with E-state index in [9.17, 15) is 0 Å². The lowest BCUT2D eigenvalue weighted by Gasteiger charge is -2.13. The summed E-state index contributed by atoms with van der Waals surface area (Å²) < 4.78 is 2.21. The van der Waals surface area contributed by atoms with Crippen molar-refractivity contribution in [1.82, 2.24) is 14.9 Å². The van der Waals surface area contributed by atoms with Crippen LogP contribution in [0, 0.1) is 0 Å². The summed E-state index contributed by atoms with van der Waals surface area (Å²) in [5, 5.41) is 3.34. The van der Waals surface area contributed by atoms with Crippen LogP contribution < -0.4 is 5.32 Å². The van der Waals surface area contributed by atoms with Crippen molar-refractivity contribution in [3.63, 3.8) is 0 Å². The van der Waals surface area contributed by atoms with Gasteiger partial charge in [-0.1, -0.05) is 0 Å². The molecule has 0 bridgehead atoms. The number of nitrogens with zero attached hydrogens (tertiary/aromatic N) is 2. The first-order chi connectivity index (χ1) is 5.42. The summed E-state index contributed by atoms with van der Waals surface area (Å²) in [6.45, 7) is 5.25. The fourth-order valence-corrected chi connectivity index (χ4v) is 1.55. The van der Waals surface area contributed by atoms with Gasteiger partial charge >= 0.3 is 0 Å². The van der Waals surface area contributed by atoms with E-state index in [4.69, 9.17) is 0 Å². The minimum absolute atomic E-state index is 0.989. The van der Waals surface area contributed by atoms with Crippen LogP contribution in [0.4, 0.5) is 0 Å². The van der Waals surface area contributed by atoms with E-state index in [-0.39, 0.29) is 0 Å². The number of aromatic nitrogens is 2. The molecule has 0 fully saturated rings. The Kier molecular flexibility index (Phi) is 1.66. The molecule has 3 nitrogen and oxygen atoms in total. The third-order valence-electron chi connectivity index (χ3n) is 2.20. The SMILES string of the molecule is CCn1cnc2c1CNCC2. The lowest BCUT2D eigenvalue weighted by Crippen LogP contribution is -2.25. The second-order valence-electron chi connectivity index (χ2n) is 2.85. The minimum Gasteiger partial charge on any atom is -0.333 e. The first kappa shape index (κ1) is 6.85. The Morgan fingerprint density at radius 3 is 3.45 bits per heavy atom. The Morgan fingerprint density at radius 1 is 1.73 bits per heavy atom. The van der Waals surface area contributed by atoms with Crippen molar-refractivity contribution in [2.75, 3.05) is 6.54 Å². The molecule has 1 aromatic heterocycles. The van der Waals surface area contributed by atoms with Gasteiger partial charge in [-0.3, -0.25) is 0 Å². The van der Waals surface area contributed by atoms with E-state index in [1.54, 1.807) is 0 Å². The standard InChI is InChI=1S/C8H13N3/c1-2-11-6-10-7-3-4-9-5-8(7)11/h6,9H,2-5H2,1H3. The molecule has 0 aromatic carbocycles. The van der Waals surface area contributed by atoms with Gasteiger partial charge in [0.2, 0.25) is 0 Å². The zero-order valence-electron chi connectivity index (χ0n) is 6.80. The minimum atomic E-state index is 0.989. The van der Waals surface area contributed by atoms with E-state index in [2.05, 4.69) is 21.8 Å². The molecule has 60 valence electrons. The molecule has 0 radical (unpaired) electrons. The van der Waals surface area contributed by atoms with Crippen molar-refractivity contribution in [2.24, 2.45) is 0 Å².